The molecule has 27 heavy (non-hydrogen) atoms. The summed E-state index contributed by atoms with van der Waals surface area (Å²) in [4.78, 5) is 12.6. The topological polar surface area (TPSA) is 73.0 Å². The number of rotatable bonds is 4. The average Bonchev–Trinajstić information content (AvgIpc) is 3.20. The SMILES string of the molecule is CC1CCc2onc(C(=O)Nc3nn(Cc4ccccc4F)cc3Cl)c2C1. The molecule has 140 valence electrons. The number of aryl methyl sites for hydroxylation is 1. The van der Waals surface area contributed by atoms with E-state index in [2.05, 4.69) is 22.5 Å². The van der Waals surface area contributed by atoms with Gasteiger partial charge in [-0.3, -0.25) is 9.48 Å². The van der Waals surface area contributed by atoms with Crippen molar-refractivity contribution >= 4 is 23.3 Å². The normalized spacial score (nSPS) is 16.2. The smallest absolute Gasteiger partial charge is 0.279 e. The number of benzene rings is 1. The second kappa shape index (κ2) is 7.15. The lowest BCUT2D eigenvalue weighted by Crippen LogP contribution is -2.18. The highest BCUT2D eigenvalue weighted by atomic mass is 35.5. The molecule has 0 radical (unpaired) electrons. The zero-order valence-corrected chi connectivity index (χ0v) is 15.5. The summed E-state index contributed by atoms with van der Waals surface area (Å²) in [5, 5.41) is 11.1. The summed E-state index contributed by atoms with van der Waals surface area (Å²) in [6, 6.07) is 6.44. The van der Waals surface area contributed by atoms with Crippen molar-refractivity contribution in [2.24, 2.45) is 5.92 Å². The molecule has 2 heterocycles. The van der Waals surface area contributed by atoms with Gasteiger partial charge in [-0.25, -0.2) is 4.39 Å². The molecule has 2 aromatic heterocycles. The first-order valence-electron chi connectivity index (χ1n) is 8.76. The average molecular weight is 389 g/mol. The lowest BCUT2D eigenvalue weighted by Gasteiger charge is -2.16. The fourth-order valence-electron chi connectivity index (χ4n) is 3.29. The zero-order valence-electron chi connectivity index (χ0n) is 14.7. The van der Waals surface area contributed by atoms with Crippen LogP contribution in [0, 0.1) is 11.7 Å². The lowest BCUT2D eigenvalue weighted by atomic mass is 9.88. The van der Waals surface area contributed by atoms with Crippen molar-refractivity contribution in [1.82, 2.24) is 14.9 Å². The highest BCUT2D eigenvalue weighted by Crippen LogP contribution is 2.29. The number of carbonyl (C=O) groups is 1. The van der Waals surface area contributed by atoms with E-state index in [4.69, 9.17) is 16.1 Å². The molecule has 1 aliphatic carbocycles. The van der Waals surface area contributed by atoms with Gasteiger partial charge in [-0.2, -0.15) is 5.10 Å². The highest BCUT2D eigenvalue weighted by Gasteiger charge is 2.27. The minimum Gasteiger partial charge on any atom is -0.360 e. The second-order valence-corrected chi connectivity index (χ2v) is 7.26. The summed E-state index contributed by atoms with van der Waals surface area (Å²) in [5.74, 6) is 0.727. The van der Waals surface area contributed by atoms with Crippen LogP contribution in [0.2, 0.25) is 5.02 Å². The number of hydrogen-bond acceptors (Lipinski definition) is 4. The van der Waals surface area contributed by atoms with Gasteiger partial charge in [-0.15, -0.1) is 0 Å². The number of nitrogens with zero attached hydrogens (tertiary/aromatic N) is 3. The van der Waals surface area contributed by atoms with Crippen LogP contribution in [0.15, 0.2) is 35.0 Å². The fraction of sp³-hybridized carbons (Fsp3) is 0.316. The van der Waals surface area contributed by atoms with Crippen LogP contribution >= 0.6 is 11.6 Å². The fourth-order valence-corrected chi connectivity index (χ4v) is 3.48. The first-order valence-corrected chi connectivity index (χ1v) is 9.14. The lowest BCUT2D eigenvalue weighted by molar-refractivity contribution is 0.101. The molecule has 1 amide bonds. The minimum atomic E-state index is -0.410. The van der Waals surface area contributed by atoms with Gasteiger partial charge in [0.15, 0.2) is 11.5 Å². The van der Waals surface area contributed by atoms with Crippen molar-refractivity contribution in [2.45, 2.75) is 32.7 Å². The molecule has 1 unspecified atom stereocenters. The molecule has 4 rings (SSSR count). The van der Waals surface area contributed by atoms with Crippen LogP contribution in [0.3, 0.4) is 0 Å². The molecule has 0 saturated heterocycles. The Morgan fingerprint density at radius 1 is 1.44 bits per heavy atom. The Labute approximate surface area is 160 Å². The Morgan fingerprint density at radius 2 is 2.26 bits per heavy atom. The largest absolute Gasteiger partial charge is 0.360 e. The van der Waals surface area contributed by atoms with Crippen LogP contribution in [0.5, 0.6) is 0 Å². The van der Waals surface area contributed by atoms with Gasteiger partial charge < -0.3 is 9.84 Å². The van der Waals surface area contributed by atoms with E-state index in [9.17, 15) is 9.18 Å². The Morgan fingerprint density at radius 3 is 3.07 bits per heavy atom. The van der Waals surface area contributed by atoms with E-state index >= 15 is 0 Å². The Bertz CT molecular complexity index is 998. The van der Waals surface area contributed by atoms with Gasteiger partial charge in [0.1, 0.15) is 16.6 Å². The summed E-state index contributed by atoms with van der Waals surface area (Å²) in [6.07, 6.45) is 4.12. The van der Waals surface area contributed by atoms with Crippen LogP contribution in [0.25, 0.3) is 0 Å². The van der Waals surface area contributed by atoms with Gasteiger partial charge >= 0.3 is 0 Å². The van der Waals surface area contributed by atoms with Crippen molar-refractivity contribution in [1.29, 1.82) is 0 Å². The van der Waals surface area contributed by atoms with E-state index in [1.165, 1.54) is 10.7 Å². The van der Waals surface area contributed by atoms with E-state index < -0.39 is 5.91 Å². The van der Waals surface area contributed by atoms with Crippen molar-refractivity contribution < 1.29 is 13.7 Å². The number of carbonyl (C=O) groups excluding carboxylic acids is 1. The van der Waals surface area contributed by atoms with Crippen molar-refractivity contribution in [3.05, 3.63) is 63.9 Å². The van der Waals surface area contributed by atoms with Gasteiger partial charge in [0.05, 0.1) is 6.54 Å². The van der Waals surface area contributed by atoms with E-state index in [-0.39, 0.29) is 28.9 Å². The summed E-state index contributed by atoms with van der Waals surface area (Å²) in [5.41, 5.74) is 1.61. The van der Waals surface area contributed by atoms with Gasteiger partial charge in [-0.1, -0.05) is 41.9 Å². The van der Waals surface area contributed by atoms with Crippen molar-refractivity contribution in [2.75, 3.05) is 5.32 Å². The van der Waals surface area contributed by atoms with Gasteiger partial charge in [-0.05, 0) is 24.8 Å². The molecule has 0 spiro atoms. The van der Waals surface area contributed by atoms with Gasteiger partial charge in [0, 0.05) is 23.7 Å². The number of anilines is 1. The molecular formula is C19H18ClFN4O2. The number of aromatic nitrogens is 3. The summed E-state index contributed by atoms with van der Waals surface area (Å²) in [6.45, 7) is 2.35. The van der Waals surface area contributed by atoms with Crippen LogP contribution < -0.4 is 5.32 Å². The zero-order chi connectivity index (χ0) is 19.0. The maximum absolute atomic E-state index is 13.8. The van der Waals surface area contributed by atoms with Gasteiger partial charge in [0.25, 0.3) is 5.91 Å². The molecule has 3 aromatic rings. The van der Waals surface area contributed by atoms with Gasteiger partial charge in [0.2, 0.25) is 0 Å². The van der Waals surface area contributed by atoms with E-state index in [0.29, 0.717) is 11.5 Å². The number of fused-ring (bicyclic) bond motifs is 1. The Balaban J connectivity index is 1.52. The molecule has 0 aliphatic heterocycles. The van der Waals surface area contributed by atoms with Crippen molar-refractivity contribution in [3.8, 4) is 0 Å². The monoisotopic (exact) mass is 388 g/mol. The molecular weight excluding hydrogens is 371 g/mol. The maximum Gasteiger partial charge on any atom is 0.279 e. The molecule has 1 atom stereocenters. The first-order chi connectivity index (χ1) is 13.0. The third kappa shape index (κ3) is 3.60. The van der Waals surface area contributed by atoms with E-state index in [0.717, 1.165) is 30.6 Å². The number of nitrogens with one attached hydrogen (secondary N) is 1. The predicted molar refractivity (Wildman–Crippen MR) is 98.4 cm³/mol. The molecule has 0 saturated carbocycles. The second-order valence-electron chi connectivity index (χ2n) is 6.85. The molecule has 1 aromatic carbocycles. The summed E-state index contributed by atoms with van der Waals surface area (Å²) >= 11 is 6.19. The molecule has 0 bridgehead atoms. The molecule has 1 N–H and O–H groups in total. The molecule has 8 heteroatoms. The molecule has 1 aliphatic rings. The minimum absolute atomic E-state index is 0.207. The third-order valence-electron chi connectivity index (χ3n) is 4.74. The third-order valence-corrected chi connectivity index (χ3v) is 5.02. The number of halogens is 2. The number of hydrogen-bond donors (Lipinski definition) is 1. The predicted octanol–water partition coefficient (Wildman–Crippen LogP) is 4.09. The standard InChI is InChI=1S/C19H18ClFN4O2/c1-11-6-7-16-13(8-11)17(24-27-16)19(26)22-18-14(20)10-25(23-18)9-12-4-2-3-5-15(12)21/h2-5,10-11H,6-9H2,1H3,(H,22,23,26). The maximum atomic E-state index is 13.8. The Kier molecular flexibility index (Phi) is 4.70. The summed E-state index contributed by atoms with van der Waals surface area (Å²) < 4.78 is 20.6. The van der Waals surface area contributed by atoms with Crippen LogP contribution in [0.1, 0.15) is 40.7 Å². The van der Waals surface area contributed by atoms with E-state index in [1.807, 2.05) is 0 Å². The first kappa shape index (κ1) is 17.7. The van der Waals surface area contributed by atoms with Crippen LogP contribution in [-0.4, -0.2) is 20.8 Å². The summed E-state index contributed by atoms with van der Waals surface area (Å²) in [7, 11) is 0. The highest BCUT2D eigenvalue weighted by molar-refractivity contribution is 6.33. The van der Waals surface area contributed by atoms with Crippen molar-refractivity contribution in [3.63, 3.8) is 0 Å². The molecule has 0 fully saturated rings. The van der Waals surface area contributed by atoms with Crippen LogP contribution in [-0.2, 0) is 19.4 Å². The number of amides is 1. The Hall–Kier alpha value is -2.67. The van der Waals surface area contributed by atoms with Crippen LogP contribution in [0.4, 0.5) is 10.2 Å². The quantitative estimate of drug-likeness (QED) is 0.730. The molecule has 6 nitrogen and oxygen atoms in total. The van der Waals surface area contributed by atoms with E-state index in [1.54, 1.807) is 24.4 Å².